The second-order valence-corrected chi connectivity index (χ2v) is 5.49. The van der Waals surface area contributed by atoms with E-state index in [-0.39, 0.29) is 11.2 Å². The van der Waals surface area contributed by atoms with E-state index in [1.807, 2.05) is 19.1 Å². The lowest BCUT2D eigenvalue weighted by atomic mass is 10.0. The predicted octanol–water partition coefficient (Wildman–Crippen LogP) is 2.72. The van der Waals surface area contributed by atoms with Crippen LogP contribution in [0.1, 0.15) is 30.9 Å². The molecule has 1 heterocycles. The highest BCUT2D eigenvalue weighted by atomic mass is 32.2. The van der Waals surface area contributed by atoms with Crippen molar-refractivity contribution in [1.82, 2.24) is 0 Å². The zero-order valence-corrected chi connectivity index (χ0v) is 11.4. The molecule has 1 aliphatic rings. The number of rotatable bonds is 4. The van der Waals surface area contributed by atoms with Crippen LogP contribution in [0.4, 0.5) is 0 Å². The molecule has 4 nitrogen and oxygen atoms in total. The van der Waals surface area contributed by atoms with Crippen molar-refractivity contribution in [3.63, 3.8) is 0 Å². The van der Waals surface area contributed by atoms with Crippen LogP contribution in [0, 0.1) is 11.3 Å². The van der Waals surface area contributed by atoms with Gasteiger partial charge in [0.05, 0.1) is 23.8 Å². The van der Waals surface area contributed by atoms with Gasteiger partial charge in [0.25, 0.3) is 0 Å². The van der Waals surface area contributed by atoms with Crippen molar-refractivity contribution in [3.8, 4) is 6.07 Å². The molecule has 0 radical (unpaired) electrons. The van der Waals surface area contributed by atoms with E-state index in [1.165, 1.54) is 11.8 Å². The van der Waals surface area contributed by atoms with Crippen LogP contribution in [-0.2, 0) is 9.63 Å². The largest absolute Gasteiger partial charge is 0.391 e. The number of hydrogen-bond donors (Lipinski definition) is 0. The fourth-order valence-corrected chi connectivity index (χ4v) is 2.48. The summed E-state index contributed by atoms with van der Waals surface area (Å²) in [6.07, 6.45) is 0.876. The first-order valence-electron chi connectivity index (χ1n) is 6.11. The molecule has 2 rings (SSSR count). The van der Waals surface area contributed by atoms with Gasteiger partial charge < -0.3 is 4.84 Å². The summed E-state index contributed by atoms with van der Waals surface area (Å²) in [6, 6.07) is 9.29. The molecule has 0 fully saturated rings. The van der Waals surface area contributed by atoms with Gasteiger partial charge in [-0.05, 0) is 23.4 Å². The van der Waals surface area contributed by atoms with Crippen molar-refractivity contribution in [2.24, 2.45) is 5.16 Å². The highest BCUT2D eigenvalue weighted by Crippen LogP contribution is 2.21. The zero-order valence-electron chi connectivity index (χ0n) is 10.6. The average Bonchev–Trinajstić information content (AvgIpc) is 2.87. The first kappa shape index (κ1) is 13.6. The summed E-state index contributed by atoms with van der Waals surface area (Å²) in [7, 11) is 0. The number of nitriles is 1. The van der Waals surface area contributed by atoms with Crippen LogP contribution < -0.4 is 0 Å². The van der Waals surface area contributed by atoms with Crippen LogP contribution >= 0.6 is 11.8 Å². The summed E-state index contributed by atoms with van der Waals surface area (Å²) in [5, 5.41) is 12.9. The lowest BCUT2D eigenvalue weighted by Gasteiger charge is -2.05. The topological polar surface area (TPSA) is 62.5 Å². The number of carbonyl (C=O) groups excluding carboxylic acids is 1. The summed E-state index contributed by atoms with van der Waals surface area (Å²) in [5.41, 5.74) is 2.40. The number of carbonyl (C=O) groups is 1. The third kappa shape index (κ3) is 3.58. The minimum atomic E-state index is -0.155. The van der Waals surface area contributed by atoms with Gasteiger partial charge in [0.15, 0.2) is 5.12 Å². The quantitative estimate of drug-likeness (QED) is 0.847. The number of thioether (sulfide) groups is 1. The molecule has 1 unspecified atom stereocenters. The molecular weight excluding hydrogens is 260 g/mol. The van der Waals surface area contributed by atoms with Gasteiger partial charge in [-0.1, -0.05) is 36.0 Å². The maximum Gasteiger partial charge on any atom is 0.192 e. The van der Waals surface area contributed by atoms with Crippen molar-refractivity contribution in [1.29, 1.82) is 5.26 Å². The Morgan fingerprint density at radius 2 is 2.26 bits per heavy atom. The Bertz CT molecular complexity index is 531. The van der Waals surface area contributed by atoms with E-state index in [4.69, 9.17) is 10.1 Å². The summed E-state index contributed by atoms with van der Waals surface area (Å²) < 4.78 is 0. The van der Waals surface area contributed by atoms with Crippen molar-refractivity contribution in [3.05, 3.63) is 35.4 Å². The van der Waals surface area contributed by atoms with Crippen LogP contribution in [0.5, 0.6) is 0 Å². The first-order valence-corrected chi connectivity index (χ1v) is 7.10. The van der Waals surface area contributed by atoms with Crippen molar-refractivity contribution in [2.45, 2.75) is 25.9 Å². The van der Waals surface area contributed by atoms with Gasteiger partial charge in [-0.2, -0.15) is 5.26 Å². The second-order valence-electron chi connectivity index (χ2n) is 4.17. The van der Waals surface area contributed by atoms with Crippen molar-refractivity contribution in [2.75, 3.05) is 5.75 Å². The van der Waals surface area contributed by atoms with E-state index < -0.39 is 0 Å². The lowest BCUT2D eigenvalue weighted by molar-refractivity contribution is -0.113. The maximum absolute atomic E-state index is 11.5. The van der Waals surface area contributed by atoms with Crippen LogP contribution in [0.25, 0.3) is 0 Å². The third-order valence-electron chi connectivity index (χ3n) is 2.78. The van der Waals surface area contributed by atoms with Crippen LogP contribution in [-0.4, -0.2) is 22.7 Å². The fourth-order valence-electron chi connectivity index (χ4n) is 1.85. The Morgan fingerprint density at radius 3 is 2.89 bits per heavy atom. The van der Waals surface area contributed by atoms with E-state index in [1.54, 1.807) is 12.1 Å². The van der Waals surface area contributed by atoms with E-state index in [0.29, 0.717) is 18.4 Å². The Balaban J connectivity index is 1.94. The van der Waals surface area contributed by atoms with Crippen LogP contribution in [0.3, 0.4) is 0 Å². The number of oxime groups is 1. The predicted molar refractivity (Wildman–Crippen MR) is 74.9 cm³/mol. The van der Waals surface area contributed by atoms with Gasteiger partial charge in [-0.15, -0.1) is 0 Å². The monoisotopic (exact) mass is 274 g/mol. The molecule has 1 aliphatic heterocycles. The third-order valence-corrected chi connectivity index (χ3v) is 3.56. The molecule has 19 heavy (non-hydrogen) atoms. The molecule has 1 aromatic carbocycles. The smallest absolute Gasteiger partial charge is 0.192 e. The molecule has 0 saturated carbocycles. The summed E-state index contributed by atoms with van der Waals surface area (Å²) in [6.45, 7) is 1.96. The Labute approximate surface area is 116 Å². The molecule has 0 spiro atoms. The zero-order chi connectivity index (χ0) is 13.7. The van der Waals surface area contributed by atoms with Crippen LogP contribution in [0.15, 0.2) is 29.4 Å². The van der Waals surface area contributed by atoms with Crippen LogP contribution in [0.2, 0.25) is 0 Å². The lowest BCUT2D eigenvalue weighted by Crippen LogP contribution is -2.12. The van der Waals surface area contributed by atoms with E-state index >= 15 is 0 Å². The fraction of sp³-hybridized carbons (Fsp3) is 0.357. The highest BCUT2D eigenvalue weighted by molar-refractivity contribution is 8.13. The minimum Gasteiger partial charge on any atom is -0.391 e. The molecule has 0 bridgehead atoms. The van der Waals surface area contributed by atoms with Crippen molar-refractivity contribution < 1.29 is 9.63 Å². The molecule has 0 N–H and O–H groups in total. The second kappa shape index (κ2) is 6.39. The molecule has 1 aromatic rings. The van der Waals surface area contributed by atoms with E-state index in [0.717, 1.165) is 17.0 Å². The van der Waals surface area contributed by atoms with Gasteiger partial charge in [0.1, 0.15) is 6.10 Å². The van der Waals surface area contributed by atoms with Gasteiger partial charge in [0.2, 0.25) is 0 Å². The normalized spacial score (nSPS) is 17.5. The summed E-state index contributed by atoms with van der Waals surface area (Å²) >= 11 is 1.31. The minimum absolute atomic E-state index is 0.142. The molecule has 5 heteroatoms. The van der Waals surface area contributed by atoms with Gasteiger partial charge in [0, 0.05) is 6.42 Å². The molecule has 0 saturated heterocycles. The number of benzene rings is 1. The van der Waals surface area contributed by atoms with Gasteiger partial charge in [-0.25, -0.2) is 0 Å². The Morgan fingerprint density at radius 1 is 1.53 bits per heavy atom. The van der Waals surface area contributed by atoms with E-state index in [2.05, 4.69) is 11.2 Å². The number of nitrogens with zero attached hydrogens (tertiary/aromatic N) is 2. The van der Waals surface area contributed by atoms with Crippen molar-refractivity contribution >= 4 is 22.6 Å². The summed E-state index contributed by atoms with van der Waals surface area (Å²) in [4.78, 5) is 16.8. The molecule has 98 valence electrons. The molecule has 0 amide bonds. The molecule has 0 aliphatic carbocycles. The van der Waals surface area contributed by atoms with E-state index in [9.17, 15) is 4.79 Å². The number of hydrogen-bond acceptors (Lipinski definition) is 5. The molecular formula is C14H14N2O2S. The Hall–Kier alpha value is -1.80. The molecule has 1 atom stereocenters. The molecule has 0 aromatic heterocycles. The van der Waals surface area contributed by atoms with Gasteiger partial charge >= 0.3 is 0 Å². The average molecular weight is 274 g/mol. The SMILES string of the molecule is CCSC(=O)CC1CC(c2ccc(C#N)cc2)=NO1. The Kier molecular flexibility index (Phi) is 4.58. The standard InChI is InChI=1S/C14H14N2O2S/c1-2-19-14(17)8-12-7-13(16-18-12)11-5-3-10(9-15)4-6-11/h3-6,12H,2,7-8H2,1H3. The van der Waals surface area contributed by atoms with Gasteiger partial charge in [-0.3, -0.25) is 4.79 Å². The first-order chi connectivity index (χ1) is 9.22. The maximum atomic E-state index is 11.5. The highest BCUT2D eigenvalue weighted by Gasteiger charge is 2.24. The summed E-state index contributed by atoms with van der Waals surface area (Å²) in [5.74, 6) is 0.787.